The number of benzene rings is 1. The Bertz CT molecular complexity index is 2150. The summed E-state index contributed by atoms with van der Waals surface area (Å²) in [5, 5.41) is 6.49. The van der Waals surface area contributed by atoms with Crippen LogP contribution in [0, 0.1) is 17.8 Å². The van der Waals surface area contributed by atoms with Crippen molar-refractivity contribution in [3.05, 3.63) is 36.5 Å². The molecule has 0 unspecified atom stereocenters. The Morgan fingerprint density at radius 1 is 1.07 bits per heavy atom. The van der Waals surface area contributed by atoms with Gasteiger partial charge in [0.25, 0.3) is 11.8 Å². The number of alkyl carbamates (subject to hydrolysis) is 1. The molecule has 1 aromatic carbocycles. The molecule has 4 amide bonds. The second-order valence-electron chi connectivity index (χ2n) is 17.3. The molecule has 3 N–H and O–H groups in total. The molecule has 19 heteroatoms. The Kier molecular flexibility index (Phi) is 12.4. The van der Waals surface area contributed by atoms with Crippen LogP contribution in [0.4, 0.5) is 18.0 Å². The molecule has 2 aromatic rings. The van der Waals surface area contributed by atoms with Crippen LogP contribution in [0.2, 0.25) is 0 Å². The van der Waals surface area contributed by atoms with Crippen molar-refractivity contribution in [1.82, 2.24) is 25.2 Å². The van der Waals surface area contributed by atoms with Crippen molar-refractivity contribution >= 4 is 44.6 Å². The van der Waals surface area contributed by atoms with E-state index >= 15 is 0 Å². The van der Waals surface area contributed by atoms with Gasteiger partial charge in [-0.05, 0) is 87.8 Å². The third kappa shape index (κ3) is 8.82. The minimum Gasteiger partial charge on any atom is -0.493 e. The summed E-state index contributed by atoms with van der Waals surface area (Å²) in [7, 11) is -1.49. The normalized spacial score (nSPS) is 28.8. The number of allylic oxidation sites excluding steroid dienone is 1. The summed E-state index contributed by atoms with van der Waals surface area (Å²) in [6.07, 6.45) is 4.45. The van der Waals surface area contributed by atoms with Gasteiger partial charge >= 0.3 is 6.09 Å². The average Bonchev–Trinajstić information content (AvgIpc) is 4.08. The maximum Gasteiger partial charge on any atom is 0.408 e. The molecule has 2 saturated carbocycles. The van der Waals surface area contributed by atoms with E-state index in [2.05, 4.69) is 15.6 Å². The first-order valence-corrected chi connectivity index (χ1v) is 21.6. The first-order chi connectivity index (χ1) is 28.1. The maximum absolute atomic E-state index is 14.9. The Hall–Kier alpha value is -4.81. The van der Waals surface area contributed by atoms with E-state index in [1.165, 1.54) is 25.3 Å². The van der Waals surface area contributed by atoms with Gasteiger partial charge in [0, 0.05) is 30.8 Å². The van der Waals surface area contributed by atoms with Crippen LogP contribution in [0.25, 0.3) is 10.8 Å². The summed E-state index contributed by atoms with van der Waals surface area (Å²) >= 11 is 0. The van der Waals surface area contributed by atoms with E-state index in [0.717, 1.165) is 13.8 Å². The highest BCUT2D eigenvalue weighted by molar-refractivity contribution is 7.91. The van der Waals surface area contributed by atoms with Gasteiger partial charge in [0.2, 0.25) is 27.7 Å². The zero-order valence-electron chi connectivity index (χ0n) is 34.8. The molecule has 3 fully saturated rings. The predicted octanol–water partition coefficient (Wildman–Crippen LogP) is 4.96. The van der Waals surface area contributed by atoms with Crippen LogP contribution in [0.15, 0.2) is 36.5 Å². The summed E-state index contributed by atoms with van der Waals surface area (Å²) in [6.45, 7) is 4.99. The molecular formula is C41H54F3N5O10S. The van der Waals surface area contributed by atoms with Gasteiger partial charge in [-0.3, -0.25) is 19.1 Å². The number of rotatable bonds is 11. The van der Waals surface area contributed by atoms with Gasteiger partial charge < -0.3 is 34.5 Å². The third-order valence-electron chi connectivity index (χ3n) is 12.5. The van der Waals surface area contributed by atoms with Gasteiger partial charge in [0.15, 0.2) is 17.1 Å². The molecule has 60 heavy (non-hydrogen) atoms. The molecule has 0 spiro atoms. The van der Waals surface area contributed by atoms with Crippen molar-refractivity contribution in [2.24, 2.45) is 17.8 Å². The zero-order valence-corrected chi connectivity index (χ0v) is 35.6. The van der Waals surface area contributed by atoms with Crippen molar-refractivity contribution < 1.29 is 59.7 Å². The summed E-state index contributed by atoms with van der Waals surface area (Å²) in [5.74, 6) is -6.26. The standard InChI is InChI=1S/C41H54F3N5O10S/c1-23-10-8-9-11-26-20-41(26,36(52)48-60(54,55)40(22-42)13-14-40)47-33(50)29-18-27(58-34-28-19-31(57-7)30(56-6)17-25(28)12-15-45-34)21-49(29)35(51)32(24(2)16-23)46-37(53)59-38(3,4)39(5,43)44/h9,11-12,15,17,19,23-24,26-27,29,32H,8,10,13-14,16,18,20-22H2,1-7H3,(H,46,53)(H,47,50)(H,48,52)/b11-9-/t23-,24+,26+,27+,29-,32-,41+/m0/s1. The summed E-state index contributed by atoms with van der Waals surface area (Å²) in [5.41, 5.74) is -3.99. The van der Waals surface area contributed by atoms with E-state index in [1.807, 2.05) is 17.7 Å². The second-order valence-corrected chi connectivity index (χ2v) is 19.4. The minimum absolute atomic E-state index is 0.0228. The van der Waals surface area contributed by atoms with Crippen molar-refractivity contribution in [2.45, 2.75) is 120 Å². The monoisotopic (exact) mass is 865 g/mol. The highest BCUT2D eigenvalue weighted by Gasteiger charge is 2.64. The van der Waals surface area contributed by atoms with Gasteiger partial charge in [0.05, 0.1) is 20.8 Å². The van der Waals surface area contributed by atoms with Crippen LogP contribution in [0.3, 0.4) is 0 Å². The van der Waals surface area contributed by atoms with Crippen LogP contribution in [0.1, 0.15) is 79.6 Å². The molecule has 3 heterocycles. The zero-order chi connectivity index (χ0) is 44.0. The molecule has 1 saturated heterocycles. The van der Waals surface area contributed by atoms with Crippen molar-refractivity contribution in [3.8, 4) is 17.4 Å². The lowest BCUT2D eigenvalue weighted by molar-refractivity contribution is -0.152. The van der Waals surface area contributed by atoms with Crippen LogP contribution >= 0.6 is 0 Å². The lowest BCUT2D eigenvalue weighted by Crippen LogP contribution is -2.60. The smallest absolute Gasteiger partial charge is 0.408 e. The fraction of sp³-hybridized carbons (Fsp3) is 0.634. The lowest BCUT2D eigenvalue weighted by Gasteiger charge is -2.35. The van der Waals surface area contributed by atoms with Crippen LogP contribution in [-0.4, -0.2) is 110 Å². The van der Waals surface area contributed by atoms with Crippen molar-refractivity contribution in [2.75, 3.05) is 27.4 Å². The Morgan fingerprint density at radius 2 is 1.75 bits per heavy atom. The van der Waals surface area contributed by atoms with E-state index in [9.17, 15) is 40.8 Å². The minimum atomic E-state index is -4.45. The number of fused-ring (bicyclic) bond motifs is 3. The van der Waals surface area contributed by atoms with Crippen LogP contribution in [0.5, 0.6) is 17.4 Å². The number of nitrogens with zero attached hydrogens (tertiary/aromatic N) is 2. The first-order valence-electron chi connectivity index (χ1n) is 20.1. The largest absolute Gasteiger partial charge is 0.493 e. The number of nitrogens with one attached hydrogen (secondary N) is 3. The highest BCUT2D eigenvalue weighted by Crippen LogP contribution is 2.48. The number of amides is 4. The predicted molar refractivity (Wildman–Crippen MR) is 213 cm³/mol. The fourth-order valence-electron chi connectivity index (χ4n) is 7.95. The fourth-order valence-corrected chi connectivity index (χ4v) is 9.38. The van der Waals surface area contributed by atoms with Gasteiger partial charge in [0.1, 0.15) is 35.1 Å². The summed E-state index contributed by atoms with van der Waals surface area (Å²) in [4.78, 5) is 62.3. The first kappa shape index (κ1) is 44.7. The van der Waals surface area contributed by atoms with E-state index in [1.54, 1.807) is 31.2 Å². The number of sulfonamides is 1. The summed E-state index contributed by atoms with van der Waals surface area (Å²) in [6, 6.07) is 2.43. The number of pyridine rings is 1. The number of carbonyl (C=O) groups excluding carboxylic acids is 4. The molecule has 6 rings (SSSR count). The maximum atomic E-state index is 14.9. The molecule has 0 bridgehead atoms. The van der Waals surface area contributed by atoms with E-state index in [4.69, 9.17) is 18.9 Å². The number of hydrogen-bond donors (Lipinski definition) is 3. The van der Waals surface area contributed by atoms with Crippen LogP contribution < -0.4 is 29.6 Å². The third-order valence-corrected chi connectivity index (χ3v) is 14.6. The number of aromatic nitrogens is 1. The Morgan fingerprint density at radius 3 is 2.38 bits per heavy atom. The number of ether oxygens (including phenoxy) is 4. The summed E-state index contributed by atoms with van der Waals surface area (Å²) < 4.78 is 92.0. The molecule has 330 valence electrons. The number of carbonyl (C=O) groups is 4. The van der Waals surface area contributed by atoms with Crippen LogP contribution in [-0.2, 0) is 29.1 Å². The van der Waals surface area contributed by atoms with Gasteiger partial charge in [-0.2, -0.15) is 0 Å². The topological polar surface area (TPSA) is 192 Å². The molecule has 2 aliphatic heterocycles. The highest BCUT2D eigenvalue weighted by atomic mass is 32.2. The number of hydrogen-bond acceptors (Lipinski definition) is 11. The molecule has 4 aliphatic rings. The average molecular weight is 866 g/mol. The molecule has 2 aliphatic carbocycles. The van der Waals surface area contributed by atoms with E-state index in [-0.39, 0.29) is 44.0 Å². The Balaban J connectivity index is 1.37. The molecule has 15 nitrogen and oxygen atoms in total. The SMILES string of the molecule is COc1cc2ccnc(O[C@@H]3C[C@H]4C(=O)N[C@]5(C(=O)NS(=O)(=O)C6(CF)CC6)C[C@H]5/C=C\CC[C@H](C)C[C@@H](C)[C@H](NC(=O)OC(C)(C)C(C)(F)F)C(=O)N4C3)c2cc1OC. The second kappa shape index (κ2) is 16.6. The molecular weight excluding hydrogens is 812 g/mol. The number of methoxy groups -OCH3 is 2. The number of halogens is 3. The van der Waals surface area contributed by atoms with Gasteiger partial charge in [-0.15, -0.1) is 0 Å². The molecule has 1 aromatic heterocycles. The molecule has 0 radical (unpaired) electrons. The number of alkyl halides is 3. The van der Waals surface area contributed by atoms with Gasteiger partial charge in [-0.25, -0.2) is 31.4 Å². The quantitative estimate of drug-likeness (QED) is 0.259. The molecule has 7 atom stereocenters. The Labute approximate surface area is 347 Å². The lowest BCUT2D eigenvalue weighted by atomic mass is 9.88. The van der Waals surface area contributed by atoms with Crippen molar-refractivity contribution in [1.29, 1.82) is 0 Å². The van der Waals surface area contributed by atoms with E-state index < -0.39 is 92.3 Å². The van der Waals surface area contributed by atoms with E-state index in [0.29, 0.717) is 48.5 Å². The van der Waals surface area contributed by atoms with Crippen molar-refractivity contribution in [3.63, 3.8) is 0 Å². The van der Waals surface area contributed by atoms with Gasteiger partial charge in [-0.1, -0.05) is 26.0 Å².